The molecule has 20 heavy (non-hydrogen) atoms. The maximum atomic E-state index is 4.71. The summed E-state index contributed by atoms with van der Waals surface area (Å²) in [7, 11) is 1.87. The van der Waals surface area contributed by atoms with Crippen LogP contribution in [-0.4, -0.2) is 22.0 Å². The van der Waals surface area contributed by atoms with Crippen molar-refractivity contribution >= 4 is 21.7 Å². The molecule has 0 spiro atoms. The molecule has 2 aromatic heterocycles. The molecule has 0 saturated heterocycles. The van der Waals surface area contributed by atoms with Gasteiger partial charge in [-0.25, -0.2) is 9.97 Å². The smallest absolute Gasteiger partial charge is 0.161 e. The van der Waals surface area contributed by atoms with E-state index in [2.05, 4.69) is 45.1 Å². The van der Waals surface area contributed by atoms with Crippen LogP contribution in [0.1, 0.15) is 36.8 Å². The van der Waals surface area contributed by atoms with Gasteiger partial charge in [0.25, 0.3) is 0 Å². The first-order valence-electron chi connectivity index (χ1n) is 6.63. The third-order valence-corrected chi connectivity index (χ3v) is 3.78. The van der Waals surface area contributed by atoms with Gasteiger partial charge in [-0.2, -0.15) is 0 Å². The number of halogens is 1. The molecule has 0 bridgehead atoms. The number of hydrogen-bond donors (Lipinski definition) is 1. The van der Waals surface area contributed by atoms with Crippen molar-refractivity contribution in [2.24, 2.45) is 0 Å². The lowest BCUT2D eigenvalue weighted by Gasteiger charge is -2.14. The van der Waals surface area contributed by atoms with Crippen molar-refractivity contribution in [1.29, 1.82) is 0 Å². The van der Waals surface area contributed by atoms with E-state index in [9.17, 15) is 0 Å². The van der Waals surface area contributed by atoms with E-state index in [4.69, 9.17) is 4.98 Å². The summed E-state index contributed by atoms with van der Waals surface area (Å²) in [5.41, 5.74) is 3.96. The summed E-state index contributed by atoms with van der Waals surface area (Å²) in [5.74, 6) is 1.86. The second-order valence-electron chi connectivity index (χ2n) is 5.14. The third kappa shape index (κ3) is 2.98. The van der Waals surface area contributed by atoms with Crippen molar-refractivity contribution in [3.05, 3.63) is 33.7 Å². The van der Waals surface area contributed by atoms with Crippen LogP contribution in [-0.2, 0) is 0 Å². The second-order valence-corrected chi connectivity index (χ2v) is 5.93. The van der Waals surface area contributed by atoms with Crippen LogP contribution < -0.4 is 5.32 Å². The Labute approximate surface area is 128 Å². The van der Waals surface area contributed by atoms with Gasteiger partial charge in [0.15, 0.2) is 5.82 Å². The maximum Gasteiger partial charge on any atom is 0.161 e. The molecule has 0 amide bonds. The monoisotopic (exact) mass is 334 g/mol. The molecular weight excluding hydrogens is 316 g/mol. The molecule has 0 atom stereocenters. The van der Waals surface area contributed by atoms with E-state index >= 15 is 0 Å². The van der Waals surface area contributed by atoms with E-state index in [1.165, 1.54) is 0 Å². The van der Waals surface area contributed by atoms with Gasteiger partial charge in [0.2, 0.25) is 0 Å². The average Bonchev–Trinajstić information content (AvgIpc) is 2.37. The molecule has 0 aromatic carbocycles. The molecule has 106 valence electrons. The van der Waals surface area contributed by atoms with Gasteiger partial charge in [-0.3, -0.25) is 4.98 Å². The van der Waals surface area contributed by atoms with Gasteiger partial charge < -0.3 is 5.32 Å². The quantitative estimate of drug-likeness (QED) is 0.918. The fraction of sp³-hybridized carbons (Fsp3) is 0.400. The molecule has 0 unspecified atom stereocenters. The zero-order chi connectivity index (χ0) is 14.9. The predicted molar refractivity (Wildman–Crippen MR) is 86.1 cm³/mol. The maximum absolute atomic E-state index is 4.71. The lowest BCUT2D eigenvalue weighted by molar-refractivity contribution is 0.810. The highest BCUT2D eigenvalue weighted by atomic mass is 79.9. The normalized spacial score (nSPS) is 10.9. The minimum Gasteiger partial charge on any atom is -0.372 e. The Morgan fingerprint density at radius 2 is 1.65 bits per heavy atom. The Bertz CT molecular complexity index is 618. The molecule has 2 rings (SSSR count). The lowest BCUT2D eigenvalue weighted by Crippen LogP contribution is -2.05. The molecule has 0 aliphatic rings. The molecule has 2 aromatic rings. The molecule has 0 aliphatic heterocycles. The first kappa shape index (κ1) is 14.9. The summed E-state index contributed by atoms with van der Waals surface area (Å²) < 4.78 is 0.932. The zero-order valence-electron chi connectivity index (χ0n) is 12.5. The van der Waals surface area contributed by atoms with E-state index in [1.807, 2.05) is 33.0 Å². The Morgan fingerprint density at radius 3 is 2.15 bits per heavy atom. The van der Waals surface area contributed by atoms with Gasteiger partial charge in [0, 0.05) is 24.0 Å². The van der Waals surface area contributed by atoms with Gasteiger partial charge >= 0.3 is 0 Å². The summed E-state index contributed by atoms with van der Waals surface area (Å²) in [6.45, 7) is 8.22. The highest BCUT2D eigenvalue weighted by Crippen LogP contribution is 2.31. The van der Waals surface area contributed by atoms with Gasteiger partial charge in [0.1, 0.15) is 5.82 Å². The molecule has 0 radical (unpaired) electrons. The summed E-state index contributed by atoms with van der Waals surface area (Å²) in [4.78, 5) is 13.7. The summed E-state index contributed by atoms with van der Waals surface area (Å²) in [6.07, 6.45) is 0. The average molecular weight is 335 g/mol. The largest absolute Gasteiger partial charge is 0.372 e. The van der Waals surface area contributed by atoms with E-state index in [0.717, 1.165) is 38.8 Å². The Hall–Kier alpha value is -1.49. The number of anilines is 1. The van der Waals surface area contributed by atoms with Crippen LogP contribution in [0.3, 0.4) is 0 Å². The Balaban J connectivity index is 2.64. The van der Waals surface area contributed by atoms with Crippen molar-refractivity contribution in [3.8, 4) is 11.4 Å². The van der Waals surface area contributed by atoms with Crippen molar-refractivity contribution < 1.29 is 0 Å². The predicted octanol–water partition coefficient (Wildman–Crippen LogP) is 4.08. The minimum atomic E-state index is 0.322. The molecule has 4 nitrogen and oxygen atoms in total. The molecule has 0 fully saturated rings. The number of aromatic nitrogens is 3. The van der Waals surface area contributed by atoms with Crippen molar-refractivity contribution in [3.63, 3.8) is 0 Å². The molecule has 1 N–H and O–H groups in total. The number of rotatable bonds is 3. The Morgan fingerprint density at radius 1 is 1.05 bits per heavy atom. The highest BCUT2D eigenvalue weighted by molar-refractivity contribution is 9.10. The lowest BCUT2D eigenvalue weighted by atomic mass is 10.1. The summed E-state index contributed by atoms with van der Waals surface area (Å²) in [6, 6.07) is 4.03. The highest BCUT2D eigenvalue weighted by Gasteiger charge is 2.15. The van der Waals surface area contributed by atoms with Gasteiger partial charge in [-0.1, -0.05) is 13.8 Å². The van der Waals surface area contributed by atoms with Crippen LogP contribution in [0.5, 0.6) is 0 Å². The third-order valence-electron chi connectivity index (χ3n) is 3.00. The minimum absolute atomic E-state index is 0.322. The topological polar surface area (TPSA) is 50.7 Å². The van der Waals surface area contributed by atoms with Gasteiger partial charge in [-0.15, -0.1) is 0 Å². The van der Waals surface area contributed by atoms with Crippen LogP contribution in [0.2, 0.25) is 0 Å². The number of aryl methyl sites for hydroxylation is 2. The standard InChI is InChI=1S/C15H19BrN4/c1-8(2)13-12(16)15(17-5)20-14(19-13)11-6-9(3)18-10(4)7-11/h6-8H,1-5H3,(H,17,19,20). The fourth-order valence-electron chi connectivity index (χ4n) is 2.11. The van der Waals surface area contributed by atoms with E-state index < -0.39 is 0 Å². The van der Waals surface area contributed by atoms with Crippen LogP contribution in [0.25, 0.3) is 11.4 Å². The van der Waals surface area contributed by atoms with Crippen molar-refractivity contribution in [2.75, 3.05) is 12.4 Å². The van der Waals surface area contributed by atoms with Crippen LogP contribution >= 0.6 is 15.9 Å². The first-order chi connectivity index (χ1) is 9.42. The van der Waals surface area contributed by atoms with Gasteiger partial charge in [0.05, 0.1) is 10.2 Å². The molecular formula is C15H19BrN4. The second kappa shape index (κ2) is 5.87. The van der Waals surface area contributed by atoms with Crippen molar-refractivity contribution in [2.45, 2.75) is 33.6 Å². The van der Waals surface area contributed by atoms with Crippen LogP contribution in [0.4, 0.5) is 5.82 Å². The molecule has 0 aliphatic carbocycles. The molecule has 0 saturated carbocycles. The number of nitrogens with one attached hydrogen (secondary N) is 1. The Kier molecular flexibility index (Phi) is 4.38. The van der Waals surface area contributed by atoms with Gasteiger partial charge in [-0.05, 0) is 47.8 Å². The molecule has 2 heterocycles. The number of pyridine rings is 1. The van der Waals surface area contributed by atoms with E-state index in [0.29, 0.717) is 5.92 Å². The SMILES string of the molecule is CNc1nc(-c2cc(C)nc(C)c2)nc(C(C)C)c1Br. The van der Waals surface area contributed by atoms with Crippen molar-refractivity contribution in [1.82, 2.24) is 15.0 Å². The summed E-state index contributed by atoms with van der Waals surface area (Å²) in [5, 5.41) is 3.12. The van der Waals surface area contributed by atoms with Crippen LogP contribution in [0.15, 0.2) is 16.6 Å². The summed E-state index contributed by atoms with van der Waals surface area (Å²) >= 11 is 3.58. The number of nitrogens with zero attached hydrogens (tertiary/aromatic N) is 3. The van der Waals surface area contributed by atoms with E-state index in [-0.39, 0.29) is 0 Å². The number of hydrogen-bond acceptors (Lipinski definition) is 4. The first-order valence-corrected chi connectivity index (χ1v) is 7.42. The van der Waals surface area contributed by atoms with E-state index in [1.54, 1.807) is 0 Å². The van der Waals surface area contributed by atoms with Crippen LogP contribution in [0, 0.1) is 13.8 Å². The zero-order valence-corrected chi connectivity index (χ0v) is 14.0. The fourth-order valence-corrected chi connectivity index (χ4v) is 2.94. The molecule has 5 heteroatoms.